The van der Waals surface area contributed by atoms with E-state index in [0.29, 0.717) is 31.3 Å². The number of amides is 1. The minimum Gasteiger partial charge on any atom is -0.351 e. The maximum absolute atomic E-state index is 11.9. The normalized spacial score (nSPS) is 12.7. The highest BCUT2D eigenvalue weighted by Gasteiger charge is 2.14. The first-order chi connectivity index (χ1) is 9.56. The van der Waals surface area contributed by atoms with Crippen LogP contribution in [0.3, 0.4) is 0 Å². The first-order valence-electron chi connectivity index (χ1n) is 7.61. The molecule has 3 N–H and O–H groups in total. The Morgan fingerprint density at radius 1 is 1.30 bits per heavy atom. The van der Waals surface area contributed by atoms with E-state index in [4.69, 9.17) is 5.73 Å². The van der Waals surface area contributed by atoms with Gasteiger partial charge in [-0.25, -0.2) is 0 Å². The lowest BCUT2D eigenvalue weighted by Gasteiger charge is -2.19. The van der Waals surface area contributed by atoms with Crippen molar-refractivity contribution in [1.29, 1.82) is 0 Å². The predicted octanol–water partition coefficient (Wildman–Crippen LogP) is 3.33. The van der Waals surface area contributed by atoms with Gasteiger partial charge in [-0.1, -0.05) is 20.8 Å². The molecule has 4 heteroatoms. The lowest BCUT2D eigenvalue weighted by Crippen LogP contribution is -2.24. The molecular weight excluding hydrogens is 268 g/mol. The monoisotopic (exact) mass is 296 g/mol. The molecule has 3 nitrogen and oxygen atoms in total. The van der Waals surface area contributed by atoms with Gasteiger partial charge in [0.2, 0.25) is 5.91 Å². The maximum atomic E-state index is 11.9. The summed E-state index contributed by atoms with van der Waals surface area (Å²) in [5, 5.41) is 3.01. The average molecular weight is 296 g/mol. The molecule has 0 aromatic carbocycles. The Labute approximate surface area is 127 Å². The second kappa shape index (κ2) is 9.14. The topological polar surface area (TPSA) is 55.1 Å². The van der Waals surface area contributed by atoms with Gasteiger partial charge in [0.1, 0.15) is 0 Å². The van der Waals surface area contributed by atoms with Gasteiger partial charge in [0.25, 0.3) is 0 Å². The Bertz CT molecular complexity index is 401. The van der Waals surface area contributed by atoms with Gasteiger partial charge in [0.15, 0.2) is 0 Å². The molecule has 1 heterocycles. The Kier molecular flexibility index (Phi) is 7.85. The predicted molar refractivity (Wildman–Crippen MR) is 86.8 cm³/mol. The van der Waals surface area contributed by atoms with Gasteiger partial charge in [-0.3, -0.25) is 4.79 Å². The maximum Gasteiger partial charge on any atom is 0.220 e. The van der Waals surface area contributed by atoms with Crippen molar-refractivity contribution in [2.75, 3.05) is 6.54 Å². The summed E-state index contributed by atoms with van der Waals surface area (Å²) in [5.74, 6) is 1.30. The quantitative estimate of drug-likeness (QED) is 0.734. The molecule has 0 fully saturated rings. The van der Waals surface area contributed by atoms with Crippen molar-refractivity contribution in [3.8, 4) is 0 Å². The fourth-order valence-electron chi connectivity index (χ4n) is 2.32. The number of aryl methyl sites for hydroxylation is 1. The smallest absolute Gasteiger partial charge is 0.220 e. The van der Waals surface area contributed by atoms with Gasteiger partial charge in [-0.05, 0) is 49.8 Å². The van der Waals surface area contributed by atoms with E-state index in [1.54, 1.807) is 11.3 Å². The van der Waals surface area contributed by atoms with Crippen LogP contribution in [0.5, 0.6) is 0 Å². The molecule has 0 aliphatic carbocycles. The number of rotatable bonds is 9. The highest BCUT2D eigenvalue weighted by Crippen LogP contribution is 2.20. The lowest BCUT2D eigenvalue weighted by molar-refractivity contribution is -0.121. The van der Waals surface area contributed by atoms with E-state index in [-0.39, 0.29) is 5.91 Å². The molecule has 1 atom stereocenters. The number of nitrogens with two attached hydrogens (primary N) is 1. The van der Waals surface area contributed by atoms with Gasteiger partial charge in [0, 0.05) is 16.2 Å². The van der Waals surface area contributed by atoms with Crippen LogP contribution in [-0.4, -0.2) is 12.5 Å². The van der Waals surface area contributed by atoms with Crippen LogP contribution in [0.1, 0.15) is 49.8 Å². The molecule has 1 amide bonds. The van der Waals surface area contributed by atoms with Gasteiger partial charge in [-0.2, -0.15) is 0 Å². The third kappa shape index (κ3) is 6.06. The zero-order valence-corrected chi connectivity index (χ0v) is 13.8. The summed E-state index contributed by atoms with van der Waals surface area (Å²) in [7, 11) is 0. The molecule has 1 aromatic rings. The van der Waals surface area contributed by atoms with E-state index in [1.807, 2.05) is 0 Å². The molecular formula is C16H28N2OS. The minimum absolute atomic E-state index is 0.152. The Morgan fingerprint density at radius 3 is 2.55 bits per heavy atom. The van der Waals surface area contributed by atoms with Crippen molar-refractivity contribution in [3.63, 3.8) is 0 Å². The number of nitrogens with one attached hydrogen (secondary N) is 1. The largest absolute Gasteiger partial charge is 0.351 e. The first kappa shape index (κ1) is 17.2. The van der Waals surface area contributed by atoms with Crippen molar-refractivity contribution in [3.05, 3.63) is 21.9 Å². The summed E-state index contributed by atoms with van der Waals surface area (Å²) in [4.78, 5) is 14.5. The van der Waals surface area contributed by atoms with Crippen LogP contribution >= 0.6 is 11.3 Å². The summed E-state index contributed by atoms with van der Waals surface area (Å²) in [6.45, 7) is 7.93. The highest BCUT2D eigenvalue weighted by atomic mass is 32.1. The van der Waals surface area contributed by atoms with E-state index in [1.165, 1.54) is 9.75 Å². The zero-order valence-electron chi connectivity index (χ0n) is 12.9. The van der Waals surface area contributed by atoms with Gasteiger partial charge in [0.05, 0.1) is 6.54 Å². The van der Waals surface area contributed by atoms with Crippen LogP contribution < -0.4 is 11.1 Å². The second-order valence-corrected chi connectivity index (χ2v) is 6.87. The molecule has 0 aliphatic rings. The minimum atomic E-state index is 0.152. The van der Waals surface area contributed by atoms with Gasteiger partial charge in [-0.15, -0.1) is 11.3 Å². The van der Waals surface area contributed by atoms with Crippen molar-refractivity contribution in [1.82, 2.24) is 5.32 Å². The van der Waals surface area contributed by atoms with Crippen molar-refractivity contribution in [2.45, 2.75) is 53.0 Å². The first-order valence-corrected chi connectivity index (χ1v) is 8.42. The summed E-state index contributed by atoms with van der Waals surface area (Å²) >= 11 is 1.78. The molecule has 114 valence electrons. The Morgan fingerprint density at radius 2 is 2.00 bits per heavy atom. The Hall–Kier alpha value is -0.870. The SMILES string of the molecule is CCc1ccc(CNC(=O)CCC(CCN)C(C)C)s1. The molecule has 20 heavy (non-hydrogen) atoms. The van der Waals surface area contributed by atoms with Crippen LogP contribution in [0.4, 0.5) is 0 Å². The number of hydrogen-bond acceptors (Lipinski definition) is 3. The summed E-state index contributed by atoms with van der Waals surface area (Å²) in [6.07, 6.45) is 3.61. The lowest BCUT2D eigenvalue weighted by atomic mass is 9.88. The summed E-state index contributed by atoms with van der Waals surface area (Å²) in [6, 6.07) is 4.25. The highest BCUT2D eigenvalue weighted by molar-refractivity contribution is 7.11. The number of hydrogen-bond donors (Lipinski definition) is 2. The third-order valence-corrected chi connectivity index (χ3v) is 4.98. The van der Waals surface area contributed by atoms with Crippen molar-refractivity contribution >= 4 is 17.2 Å². The van der Waals surface area contributed by atoms with Crippen molar-refractivity contribution in [2.24, 2.45) is 17.6 Å². The van der Waals surface area contributed by atoms with Crippen LogP contribution in [0.2, 0.25) is 0 Å². The van der Waals surface area contributed by atoms with Gasteiger partial charge < -0.3 is 11.1 Å². The van der Waals surface area contributed by atoms with Crippen molar-refractivity contribution < 1.29 is 4.79 Å². The van der Waals surface area contributed by atoms with Crippen LogP contribution in [0, 0.1) is 11.8 Å². The molecule has 1 rings (SSSR count). The molecule has 1 unspecified atom stereocenters. The fraction of sp³-hybridized carbons (Fsp3) is 0.688. The van der Waals surface area contributed by atoms with Crippen LogP contribution in [0.25, 0.3) is 0 Å². The summed E-state index contributed by atoms with van der Waals surface area (Å²) in [5.41, 5.74) is 5.62. The molecule has 0 spiro atoms. The van der Waals surface area contributed by atoms with E-state index >= 15 is 0 Å². The van der Waals surface area contributed by atoms with E-state index in [2.05, 4.69) is 38.2 Å². The molecule has 0 radical (unpaired) electrons. The molecule has 0 saturated heterocycles. The molecule has 0 aliphatic heterocycles. The van der Waals surface area contributed by atoms with Crippen LogP contribution in [0.15, 0.2) is 12.1 Å². The van der Waals surface area contributed by atoms with E-state index in [0.717, 1.165) is 19.3 Å². The van der Waals surface area contributed by atoms with E-state index in [9.17, 15) is 4.79 Å². The molecule has 1 aromatic heterocycles. The van der Waals surface area contributed by atoms with E-state index < -0.39 is 0 Å². The fourth-order valence-corrected chi connectivity index (χ4v) is 3.22. The number of thiophene rings is 1. The zero-order chi connectivity index (χ0) is 15.0. The summed E-state index contributed by atoms with van der Waals surface area (Å²) < 4.78 is 0. The van der Waals surface area contributed by atoms with Gasteiger partial charge >= 0.3 is 0 Å². The second-order valence-electron chi connectivity index (χ2n) is 5.62. The Balaban J connectivity index is 2.29. The third-order valence-electron chi connectivity index (χ3n) is 3.75. The number of carbonyl (C=O) groups excluding carboxylic acids is 1. The molecule has 0 bridgehead atoms. The number of carbonyl (C=O) groups is 1. The van der Waals surface area contributed by atoms with Crippen LogP contribution in [-0.2, 0) is 17.8 Å². The standard InChI is InChI=1S/C16H28N2OS/c1-4-14-6-7-15(20-14)11-18-16(19)8-5-13(9-10-17)12(2)3/h6-7,12-13H,4-5,8-11,17H2,1-3H3,(H,18,19). The average Bonchev–Trinajstić information content (AvgIpc) is 2.88. The molecule has 0 saturated carbocycles.